The maximum atomic E-state index is 12.2. The van der Waals surface area contributed by atoms with Crippen LogP contribution in [-0.4, -0.2) is 55.2 Å². The SMILES string of the molecule is CCc1c(C)sc(NC(=S)N2CCC3(CC2)OCCO3)c1C(=O)OC. The highest BCUT2D eigenvalue weighted by Crippen LogP contribution is 2.35. The fraction of sp³-hybridized carbons (Fsp3) is 0.647. The van der Waals surface area contributed by atoms with Gasteiger partial charge in [0.15, 0.2) is 10.9 Å². The number of methoxy groups -OCH3 is 1. The monoisotopic (exact) mass is 384 g/mol. The second-order valence-corrected chi connectivity index (χ2v) is 7.82. The summed E-state index contributed by atoms with van der Waals surface area (Å²) in [5, 5.41) is 4.65. The van der Waals surface area contributed by atoms with Crippen LogP contribution in [0, 0.1) is 6.92 Å². The average molecular weight is 385 g/mol. The molecule has 3 rings (SSSR count). The maximum absolute atomic E-state index is 12.2. The predicted molar refractivity (Wildman–Crippen MR) is 101 cm³/mol. The lowest BCUT2D eigenvalue weighted by molar-refractivity contribution is -0.180. The first-order valence-electron chi connectivity index (χ1n) is 8.54. The van der Waals surface area contributed by atoms with Crippen LogP contribution in [-0.2, 0) is 20.6 Å². The van der Waals surface area contributed by atoms with Crippen molar-refractivity contribution in [3.63, 3.8) is 0 Å². The summed E-state index contributed by atoms with van der Waals surface area (Å²) in [6.07, 6.45) is 2.37. The fourth-order valence-corrected chi connectivity index (χ4v) is 4.90. The first-order chi connectivity index (χ1) is 12.0. The van der Waals surface area contributed by atoms with Crippen molar-refractivity contribution < 1.29 is 19.0 Å². The van der Waals surface area contributed by atoms with Gasteiger partial charge in [-0.3, -0.25) is 0 Å². The highest BCUT2D eigenvalue weighted by Gasteiger charge is 2.40. The molecule has 0 saturated carbocycles. The summed E-state index contributed by atoms with van der Waals surface area (Å²) in [6.45, 7) is 6.92. The van der Waals surface area contributed by atoms with Crippen molar-refractivity contribution in [3.05, 3.63) is 16.0 Å². The smallest absolute Gasteiger partial charge is 0.341 e. The summed E-state index contributed by atoms with van der Waals surface area (Å²) in [5.74, 6) is -0.741. The number of likely N-dealkylation sites (tertiary alicyclic amines) is 1. The number of rotatable bonds is 3. The topological polar surface area (TPSA) is 60.0 Å². The molecule has 138 valence electrons. The lowest BCUT2D eigenvalue weighted by Gasteiger charge is -2.38. The minimum Gasteiger partial charge on any atom is -0.465 e. The molecular weight excluding hydrogens is 360 g/mol. The van der Waals surface area contributed by atoms with E-state index in [1.807, 2.05) is 13.8 Å². The van der Waals surface area contributed by atoms with E-state index in [1.54, 1.807) is 11.3 Å². The van der Waals surface area contributed by atoms with Gasteiger partial charge in [-0.15, -0.1) is 11.3 Å². The number of ether oxygens (including phenoxy) is 3. The van der Waals surface area contributed by atoms with E-state index in [4.69, 9.17) is 26.4 Å². The number of hydrogen-bond acceptors (Lipinski definition) is 6. The number of carbonyl (C=O) groups excluding carboxylic acids is 1. The normalized spacial score (nSPS) is 19.2. The Balaban J connectivity index is 1.70. The van der Waals surface area contributed by atoms with Gasteiger partial charge in [-0.1, -0.05) is 6.92 Å². The summed E-state index contributed by atoms with van der Waals surface area (Å²) in [4.78, 5) is 15.4. The van der Waals surface area contributed by atoms with Crippen LogP contribution in [0.4, 0.5) is 5.00 Å². The van der Waals surface area contributed by atoms with Crippen LogP contribution in [0.5, 0.6) is 0 Å². The lowest BCUT2D eigenvalue weighted by atomic mass is 10.0. The van der Waals surface area contributed by atoms with Gasteiger partial charge in [-0.05, 0) is 31.1 Å². The molecule has 2 fully saturated rings. The molecule has 2 aliphatic rings. The van der Waals surface area contributed by atoms with Crippen LogP contribution in [0.15, 0.2) is 0 Å². The van der Waals surface area contributed by atoms with Crippen molar-refractivity contribution in [2.75, 3.05) is 38.7 Å². The molecule has 0 radical (unpaired) electrons. The van der Waals surface area contributed by atoms with Gasteiger partial charge in [0.1, 0.15) is 5.00 Å². The van der Waals surface area contributed by atoms with Gasteiger partial charge in [-0.25, -0.2) is 4.79 Å². The van der Waals surface area contributed by atoms with Crippen LogP contribution in [0.1, 0.15) is 40.6 Å². The van der Waals surface area contributed by atoms with Crippen LogP contribution in [0.25, 0.3) is 0 Å². The van der Waals surface area contributed by atoms with Crippen molar-refractivity contribution in [1.82, 2.24) is 4.90 Å². The van der Waals surface area contributed by atoms with Gasteiger partial charge < -0.3 is 24.4 Å². The van der Waals surface area contributed by atoms with Crippen molar-refractivity contribution in [2.24, 2.45) is 0 Å². The first kappa shape index (κ1) is 18.6. The zero-order valence-corrected chi connectivity index (χ0v) is 16.5. The Labute approximate surface area is 157 Å². The number of thiocarbonyl (C=S) groups is 1. The summed E-state index contributed by atoms with van der Waals surface area (Å²) < 4.78 is 16.5. The summed E-state index contributed by atoms with van der Waals surface area (Å²) in [7, 11) is 1.41. The van der Waals surface area contributed by atoms with E-state index in [9.17, 15) is 4.79 Å². The Morgan fingerprint density at radius 3 is 2.56 bits per heavy atom. The molecule has 0 aliphatic carbocycles. The molecule has 0 aromatic carbocycles. The summed E-state index contributed by atoms with van der Waals surface area (Å²) in [6, 6.07) is 0. The number of nitrogens with zero attached hydrogens (tertiary/aromatic N) is 1. The number of thiophene rings is 1. The second-order valence-electron chi connectivity index (χ2n) is 6.21. The maximum Gasteiger partial charge on any atom is 0.341 e. The Bertz CT molecular complexity index is 658. The number of carbonyl (C=O) groups is 1. The van der Waals surface area contributed by atoms with Gasteiger partial charge in [-0.2, -0.15) is 0 Å². The number of aryl methyl sites for hydroxylation is 1. The summed E-state index contributed by atoms with van der Waals surface area (Å²) in [5.41, 5.74) is 1.62. The van der Waals surface area contributed by atoms with Crippen molar-refractivity contribution in [1.29, 1.82) is 0 Å². The second kappa shape index (κ2) is 7.57. The fourth-order valence-electron chi connectivity index (χ4n) is 3.42. The van der Waals surface area contributed by atoms with Crippen LogP contribution >= 0.6 is 23.6 Å². The molecule has 2 aliphatic heterocycles. The molecule has 25 heavy (non-hydrogen) atoms. The number of piperidine rings is 1. The van der Waals surface area contributed by atoms with Crippen molar-refractivity contribution >= 4 is 39.6 Å². The Hall–Kier alpha value is -1.22. The molecule has 1 N–H and O–H groups in total. The summed E-state index contributed by atoms with van der Waals surface area (Å²) >= 11 is 7.12. The molecule has 3 heterocycles. The van der Waals surface area contributed by atoms with E-state index < -0.39 is 5.79 Å². The first-order valence-corrected chi connectivity index (χ1v) is 9.76. The number of anilines is 1. The molecule has 0 amide bonds. The molecule has 0 unspecified atom stereocenters. The largest absolute Gasteiger partial charge is 0.465 e. The van der Waals surface area contributed by atoms with Gasteiger partial charge in [0.2, 0.25) is 0 Å². The van der Waals surface area contributed by atoms with Gasteiger partial charge in [0.25, 0.3) is 0 Å². The van der Waals surface area contributed by atoms with Crippen molar-refractivity contribution in [3.8, 4) is 0 Å². The van der Waals surface area contributed by atoms with Gasteiger partial charge in [0.05, 0.1) is 25.9 Å². The highest BCUT2D eigenvalue weighted by atomic mass is 32.1. The van der Waals surface area contributed by atoms with Crippen LogP contribution in [0.2, 0.25) is 0 Å². The van der Waals surface area contributed by atoms with Crippen molar-refractivity contribution in [2.45, 2.75) is 38.9 Å². The molecule has 2 saturated heterocycles. The third-order valence-corrected chi connectivity index (χ3v) is 6.22. The number of esters is 1. The molecule has 1 aromatic rings. The third-order valence-electron chi connectivity index (χ3n) is 4.80. The quantitative estimate of drug-likeness (QED) is 0.635. The Kier molecular flexibility index (Phi) is 5.62. The van der Waals surface area contributed by atoms with E-state index in [0.717, 1.165) is 47.8 Å². The average Bonchev–Trinajstić information content (AvgIpc) is 3.19. The highest BCUT2D eigenvalue weighted by molar-refractivity contribution is 7.80. The lowest BCUT2D eigenvalue weighted by Crippen LogP contribution is -2.48. The molecule has 1 spiro atoms. The third kappa shape index (κ3) is 3.67. The van der Waals surface area contributed by atoms with Gasteiger partial charge in [0, 0.05) is 30.8 Å². The van der Waals surface area contributed by atoms with E-state index in [1.165, 1.54) is 7.11 Å². The molecule has 1 aromatic heterocycles. The minimum absolute atomic E-state index is 0.322. The zero-order chi connectivity index (χ0) is 18.0. The number of nitrogens with one attached hydrogen (secondary N) is 1. The molecule has 0 atom stereocenters. The van der Waals surface area contributed by atoms with E-state index in [0.29, 0.717) is 23.9 Å². The van der Waals surface area contributed by atoms with E-state index in [2.05, 4.69) is 10.2 Å². The zero-order valence-electron chi connectivity index (χ0n) is 14.8. The van der Waals surface area contributed by atoms with Crippen LogP contribution in [0.3, 0.4) is 0 Å². The Morgan fingerprint density at radius 1 is 1.36 bits per heavy atom. The van der Waals surface area contributed by atoms with E-state index >= 15 is 0 Å². The number of hydrogen-bond donors (Lipinski definition) is 1. The van der Waals surface area contributed by atoms with E-state index in [-0.39, 0.29) is 5.97 Å². The molecule has 8 heteroatoms. The van der Waals surface area contributed by atoms with Crippen LogP contribution < -0.4 is 5.32 Å². The Morgan fingerprint density at radius 2 is 2.00 bits per heavy atom. The van der Waals surface area contributed by atoms with Gasteiger partial charge >= 0.3 is 5.97 Å². The molecular formula is C17H24N2O4S2. The molecule has 0 bridgehead atoms. The minimum atomic E-state index is -0.418. The standard InChI is InChI=1S/C17H24N2O4S2/c1-4-12-11(2)25-14(13(12)15(20)21-3)18-16(24)19-7-5-17(6-8-19)22-9-10-23-17/h4-10H2,1-3H3,(H,18,24). The predicted octanol–water partition coefficient (Wildman–Crippen LogP) is 2.94. The molecule has 6 nitrogen and oxygen atoms in total.